The molecule has 1 unspecified atom stereocenters. The molecular weight excluding hydrogens is 643 g/mol. The van der Waals surface area contributed by atoms with E-state index < -0.39 is 87.4 Å². The molecule has 1 heterocycles. The first-order valence-electron chi connectivity index (χ1n) is 12.6. The number of ketones is 1. The minimum atomic E-state index is -5.28. The summed E-state index contributed by atoms with van der Waals surface area (Å²) in [5.41, 5.74) is -5.43. The summed E-state index contributed by atoms with van der Waals surface area (Å²) in [7, 11) is -4.31. The first-order chi connectivity index (χ1) is 19.7. The molecule has 2 aromatic carbocycles. The number of hydrogen-bond donors (Lipinski definition) is 0. The highest BCUT2D eigenvalue weighted by Gasteiger charge is 2.43. The van der Waals surface area contributed by atoms with Crippen LogP contribution < -0.4 is 0 Å². The van der Waals surface area contributed by atoms with E-state index in [1.54, 1.807) is 0 Å². The number of aryl methyl sites for hydroxylation is 1. The van der Waals surface area contributed by atoms with Crippen LogP contribution in [0.2, 0.25) is 0 Å². The number of hydrogen-bond acceptors (Lipinski definition) is 4. The van der Waals surface area contributed by atoms with Crippen LogP contribution in [0.3, 0.4) is 0 Å². The zero-order valence-electron chi connectivity index (χ0n) is 22.0. The van der Waals surface area contributed by atoms with E-state index in [1.807, 2.05) is 0 Å². The van der Waals surface area contributed by atoms with Gasteiger partial charge in [0.05, 0.1) is 22.4 Å². The highest BCUT2D eigenvalue weighted by Crippen LogP contribution is 2.37. The second kappa shape index (κ2) is 13.0. The predicted octanol–water partition coefficient (Wildman–Crippen LogP) is 6.03. The second-order valence-electron chi connectivity index (χ2n) is 9.68. The fourth-order valence-corrected chi connectivity index (χ4v) is 6.44. The molecule has 0 aliphatic carbocycles. The van der Waals surface area contributed by atoms with E-state index in [0.717, 1.165) is 23.1 Å². The summed E-state index contributed by atoms with van der Waals surface area (Å²) in [4.78, 5) is 27.4. The van der Waals surface area contributed by atoms with Crippen LogP contribution >= 0.6 is 11.6 Å². The first kappa shape index (κ1) is 34.6. The van der Waals surface area contributed by atoms with Gasteiger partial charge in [-0.1, -0.05) is 18.2 Å². The lowest BCUT2D eigenvalue weighted by Crippen LogP contribution is -2.59. The van der Waals surface area contributed by atoms with Crippen LogP contribution in [0.15, 0.2) is 42.5 Å². The van der Waals surface area contributed by atoms with Crippen LogP contribution in [-0.2, 0) is 39.8 Å². The van der Waals surface area contributed by atoms with Gasteiger partial charge in [0, 0.05) is 37.5 Å². The summed E-state index contributed by atoms with van der Waals surface area (Å²) in [5.74, 6) is -2.80. The maximum Gasteiger partial charge on any atom is 0.416 e. The Bertz CT molecular complexity index is 1410. The quantitative estimate of drug-likeness (QED) is 0.186. The number of rotatable bonds is 9. The Morgan fingerprint density at radius 3 is 1.95 bits per heavy atom. The number of alkyl halides is 10. The average molecular weight is 667 g/mol. The molecule has 0 aromatic heterocycles. The highest BCUT2D eigenvalue weighted by molar-refractivity contribution is 7.89. The number of carbonyl (C=O) groups excluding carboxylic acids is 2. The van der Waals surface area contributed by atoms with E-state index in [2.05, 4.69) is 0 Å². The SMILES string of the molecule is O=C(c1cc(C(F)(F)F)cc(C(F)(F)F)c1)C1CN(C(=O)CCc2cccc(C(F)(F)F)c2)CCN1S(=O)(=O)CCCCl. The number of piperazine rings is 1. The topological polar surface area (TPSA) is 74.8 Å². The molecule has 6 nitrogen and oxygen atoms in total. The molecular formula is C26H24ClF9N2O4S. The van der Waals surface area contributed by atoms with Crippen molar-refractivity contribution in [3.05, 3.63) is 70.3 Å². The number of nitrogens with zero attached hydrogens (tertiary/aromatic N) is 2. The summed E-state index contributed by atoms with van der Waals surface area (Å²) in [6.45, 7) is -1.51. The van der Waals surface area contributed by atoms with Crippen molar-refractivity contribution in [3.63, 3.8) is 0 Å². The van der Waals surface area contributed by atoms with E-state index in [1.165, 1.54) is 6.07 Å². The maximum absolute atomic E-state index is 13.5. The van der Waals surface area contributed by atoms with Gasteiger partial charge in [-0.3, -0.25) is 9.59 Å². The lowest BCUT2D eigenvalue weighted by Gasteiger charge is -2.40. The molecule has 3 rings (SSSR count). The minimum Gasteiger partial charge on any atom is -0.339 e. The molecule has 0 spiro atoms. The zero-order valence-corrected chi connectivity index (χ0v) is 23.6. The number of benzene rings is 2. The van der Waals surface area contributed by atoms with Crippen molar-refractivity contribution in [1.82, 2.24) is 9.21 Å². The van der Waals surface area contributed by atoms with Crippen LogP contribution in [0.25, 0.3) is 0 Å². The van der Waals surface area contributed by atoms with Crippen molar-refractivity contribution in [3.8, 4) is 0 Å². The van der Waals surface area contributed by atoms with Crippen molar-refractivity contribution in [2.45, 2.75) is 43.8 Å². The molecule has 43 heavy (non-hydrogen) atoms. The molecule has 0 radical (unpaired) electrons. The van der Waals surface area contributed by atoms with Gasteiger partial charge in [-0.25, -0.2) is 8.42 Å². The van der Waals surface area contributed by atoms with Gasteiger partial charge in [0.2, 0.25) is 15.9 Å². The molecule has 1 atom stereocenters. The third-order valence-corrected chi connectivity index (χ3v) is 8.86. The summed E-state index contributed by atoms with van der Waals surface area (Å²) in [6.07, 6.45) is -15.8. The van der Waals surface area contributed by atoms with Crippen molar-refractivity contribution in [1.29, 1.82) is 0 Å². The third kappa shape index (κ3) is 8.85. The van der Waals surface area contributed by atoms with Crippen LogP contribution in [-0.4, -0.2) is 66.6 Å². The summed E-state index contributed by atoms with van der Waals surface area (Å²) < 4.78 is 146. The van der Waals surface area contributed by atoms with Gasteiger partial charge in [0.1, 0.15) is 6.04 Å². The van der Waals surface area contributed by atoms with Crippen molar-refractivity contribution < 1.29 is 57.5 Å². The monoisotopic (exact) mass is 666 g/mol. The Morgan fingerprint density at radius 1 is 0.837 bits per heavy atom. The Labute approximate surface area is 245 Å². The molecule has 17 heteroatoms. The number of halogens is 10. The number of Topliss-reactive ketones (excluding diaryl/α,β-unsaturated/α-hetero) is 1. The lowest BCUT2D eigenvalue weighted by molar-refractivity contribution is -0.143. The fraction of sp³-hybridized carbons (Fsp3) is 0.462. The van der Waals surface area contributed by atoms with Crippen LogP contribution in [0.1, 0.15) is 45.5 Å². The zero-order chi connectivity index (χ0) is 32.4. The lowest BCUT2D eigenvalue weighted by atomic mass is 9.97. The predicted molar refractivity (Wildman–Crippen MR) is 137 cm³/mol. The minimum absolute atomic E-state index is 0.0806. The number of amides is 1. The van der Waals surface area contributed by atoms with E-state index in [-0.39, 0.29) is 55.4 Å². The fourth-order valence-electron chi connectivity index (χ4n) is 4.50. The highest BCUT2D eigenvalue weighted by atomic mass is 35.5. The van der Waals surface area contributed by atoms with Crippen molar-refractivity contribution in [2.75, 3.05) is 31.3 Å². The normalized spacial score (nSPS) is 17.3. The molecule has 1 aliphatic heterocycles. The molecule has 1 saturated heterocycles. The standard InChI is InChI=1S/C26H24ClF9N2O4S/c27-7-2-10-43(41,42)38-9-8-37(22(39)6-5-16-3-1-4-18(11-16)24(28,29)30)15-21(38)23(40)17-12-19(25(31,32)33)14-20(13-17)26(34,35)36/h1,3-4,11-14,21H,2,5-10,15H2. The molecule has 1 amide bonds. The second-order valence-corrected chi connectivity index (χ2v) is 12.1. The van der Waals surface area contributed by atoms with E-state index >= 15 is 0 Å². The van der Waals surface area contributed by atoms with Gasteiger partial charge in [0.15, 0.2) is 5.78 Å². The Balaban J connectivity index is 1.93. The third-order valence-electron chi connectivity index (χ3n) is 6.63. The van der Waals surface area contributed by atoms with Gasteiger partial charge in [-0.05, 0) is 42.7 Å². The number of carbonyl (C=O) groups is 2. The molecule has 0 bridgehead atoms. The van der Waals surface area contributed by atoms with Crippen molar-refractivity contribution in [2.24, 2.45) is 0 Å². The molecule has 2 aromatic rings. The first-order valence-corrected chi connectivity index (χ1v) is 14.7. The smallest absolute Gasteiger partial charge is 0.339 e. The number of sulfonamides is 1. The van der Waals surface area contributed by atoms with Gasteiger partial charge in [0.25, 0.3) is 0 Å². The Hall–Kier alpha value is -2.85. The van der Waals surface area contributed by atoms with Gasteiger partial charge < -0.3 is 4.90 Å². The van der Waals surface area contributed by atoms with Crippen LogP contribution in [0.5, 0.6) is 0 Å². The van der Waals surface area contributed by atoms with Gasteiger partial charge >= 0.3 is 18.5 Å². The average Bonchev–Trinajstić information content (AvgIpc) is 2.92. The Morgan fingerprint density at radius 2 is 1.42 bits per heavy atom. The largest absolute Gasteiger partial charge is 0.416 e. The van der Waals surface area contributed by atoms with Gasteiger partial charge in [-0.15, -0.1) is 11.6 Å². The molecule has 1 aliphatic rings. The van der Waals surface area contributed by atoms with E-state index in [0.29, 0.717) is 4.31 Å². The summed E-state index contributed by atoms with van der Waals surface area (Å²) >= 11 is 5.57. The molecule has 0 saturated carbocycles. The van der Waals surface area contributed by atoms with Crippen molar-refractivity contribution >= 4 is 33.3 Å². The van der Waals surface area contributed by atoms with E-state index in [9.17, 15) is 57.5 Å². The van der Waals surface area contributed by atoms with Gasteiger partial charge in [-0.2, -0.15) is 43.8 Å². The summed E-state index contributed by atoms with van der Waals surface area (Å²) in [6, 6.07) is 2.46. The molecule has 0 N–H and O–H groups in total. The van der Waals surface area contributed by atoms with E-state index in [4.69, 9.17) is 11.6 Å². The van der Waals surface area contributed by atoms with Crippen LogP contribution in [0, 0.1) is 0 Å². The molecule has 238 valence electrons. The van der Waals surface area contributed by atoms with Crippen LogP contribution in [0.4, 0.5) is 39.5 Å². The maximum atomic E-state index is 13.5. The molecule has 1 fully saturated rings. The summed E-state index contributed by atoms with van der Waals surface area (Å²) in [5, 5.41) is 0. The Kier molecular flexibility index (Phi) is 10.5.